The third-order valence-electron chi connectivity index (χ3n) is 4.43. The molecule has 1 heterocycles. The maximum absolute atomic E-state index is 13.2. The summed E-state index contributed by atoms with van der Waals surface area (Å²) in [7, 11) is 0. The minimum atomic E-state index is -0.635. The van der Waals surface area contributed by atoms with E-state index in [0.717, 1.165) is 11.1 Å². The molecule has 5 heteroatoms. The van der Waals surface area contributed by atoms with Crippen LogP contribution in [0.2, 0.25) is 0 Å². The molecule has 0 N–H and O–H groups in total. The number of carbonyl (C=O) groups is 2. The van der Waals surface area contributed by atoms with E-state index >= 15 is 0 Å². The minimum Gasteiger partial charge on any atom is -0.443 e. The molecular weight excluding hydrogens is 418 g/mol. The Morgan fingerprint density at radius 3 is 2.21 bits per heavy atom. The molecule has 0 unspecified atom stereocenters. The average molecular weight is 442 g/mol. The van der Waals surface area contributed by atoms with E-state index in [1.54, 1.807) is 4.90 Å². The first-order chi connectivity index (χ1) is 13.3. The van der Waals surface area contributed by atoms with Crippen LogP contribution in [0.3, 0.4) is 0 Å². The predicted molar refractivity (Wildman–Crippen MR) is 114 cm³/mol. The smallest absolute Gasteiger partial charge is 0.415 e. The summed E-state index contributed by atoms with van der Waals surface area (Å²) in [5.41, 5.74) is 1.79. The van der Waals surface area contributed by atoms with Gasteiger partial charge in [0.25, 0.3) is 0 Å². The summed E-state index contributed by atoms with van der Waals surface area (Å²) < 4.78 is 6.11. The van der Waals surface area contributed by atoms with Crippen LogP contribution in [0.4, 0.5) is 4.79 Å². The Morgan fingerprint density at radius 2 is 1.64 bits per heavy atom. The van der Waals surface area contributed by atoms with Gasteiger partial charge in [-0.05, 0) is 54.2 Å². The van der Waals surface area contributed by atoms with Gasteiger partial charge >= 0.3 is 6.09 Å². The van der Waals surface area contributed by atoms with Crippen molar-refractivity contribution in [1.82, 2.24) is 4.90 Å². The second-order valence-electron chi connectivity index (χ2n) is 7.85. The lowest BCUT2D eigenvalue weighted by Gasteiger charge is -2.38. The number of nitrogens with zero attached hydrogens (tertiary/aromatic N) is 1. The molecule has 2 aromatic carbocycles. The first kappa shape index (κ1) is 20.3. The number of amides is 1. The predicted octanol–water partition coefficient (Wildman–Crippen LogP) is 5.57. The second kappa shape index (κ2) is 8.31. The highest BCUT2D eigenvalue weighted by Crippen LogP contribution is 2.37. The van der Waals surface area contributed by atoms with Crippen molar-refractivity contribution in [2.24, 2.45) is 0 Å². The van der Waals surface area contributed by atoms with Crippen LogP contribution in [0.1, 0.15) is 38.3 Å². The Labute approximate surface area is 174 Å². The monoisotopic (exact) mass is 441 g/mol. The lowest BCUT2D eigenvalue weighted by Crippen LogP contribution is -2.47. The van der Waals surface area contributed by atoms with E-state index in [2.05, 4.69) is 15.9 Å². The molecule has 1 atom stereocenters. The van der Waals surface area contributed by atoms with Crippen molar-refractivity contribution >= 4 is 33.5 Å². The number of carbonyl (C=O) groups excluding carboxylic acids is 2. The molecule has 0 saturated heterocycles. The quantitative estimate of drug-likeness (QED) is 0.624. The van der Waals surface area contributed by atoms with E-state index in [9.17, 15) is 9.59 Å². The van der Waals surface area contributed by atoms with Gasteiger partial charge < -0.3 is 4.74 Å². The number of rotatable bonds is 3. The molecule has 1 aliphatic heterocycles. The van der Waals surface area contributed by atoms with Crippen LogP contribution in [-0.2, 0) is 16.0 Å². The Balaban J connectivity index is 2.06. The summed E-state index contributed by atoms with van der Waals surface area (Å²) in [4.78, 5) is 27.6. The standard InChI is InChI=1S/C23H24BrNO3/c1-23(2,3)28-22(27)25-18(14-16-10-6-4-7-11-16)15-19(26)20(24)21(25)17-12-8-5-9-13-17/h4-13,18H,14-15H2,1-3H3/t18-/m0/s1. The van der Waals surface area contributed by atoms with E-state index in [1.807, 2.05) is 81.4 Å². The fourth-order valence-electron chi connectivity index (χ4n) is 3.28. The number of allylic oxidation sites excluding steroid dienone is 1. The first-order valence-electron chi connectivity index (χ1n) is 9.31. The largest absolute Gasteiger partial charge is 0.443 e. The zero-order valence-electron chi connectivity index (χ0n) is 16.3. The summed E-state index contributed by atoms with van der Waals surface area (Å²) in [6, 6.07) is 19.0. The maximum Gasteiger partial charge on any atom is 0.415 e. The molecule has 0 bridgehead atoms. The van der Waals surface area contributed by atoms with Crippen molar-refractivity contribution in [2.45, 2.75) is 45.3 Å². The summed E-state index contributed by atoms with van der Waals surface area (Å²) >= 11 is 3.44. The molecule has 0 fully saturated rings. The van der Waals surface area contributed by atoms with Crippen molar-refractivity contribution in [3.05, 3.63) is 76.3 Å². The highest BCUT2D eigenvalue weighted by atomic mass is 79.9. The maximum atomic E-state index is 13.2. The number of benzene rings is 2. The first-order valence-corrected chi connectivity index (χ1v) is 10.1. The lowest BCUT2D eigenvalue weighted by atomic mass is 9.93. The second-order valence-corrected chi connectivity index (χ2v) is 8.64. The molecular formula is C23H24BrNO3. The van der Waals surface area contributed by atoms with Crippen LogP contribution in [-0.4, -0.2) is 28.4 Å². The molecule has 28 heavy (non-hydrogen) atoms. The average Bonchev–Trinajstić information content (AvgIpc) is 2.64. The molecule has 0 radical (unpaired) electrons. The third kappa shape index (κ3) is 4.71. The number of ketones is 1. The fraction of sp³-hybridized carbons (Fsp3) is 0.304. The minimum absolute atomic E-state index is 0.0143. The molecule has 0 saturated carbocycles. The van der Waals surface area contributed by atoms with Gasteiger partial charge in [0.05, 0.1) is 16.2 Å². The Morgan fingerprint density at radius 1 is 1.07 bits per heavy atom. The van der Waals surface area contributed by atoms with E-state index in [0.29, 0.717) is 16.6 Å². The van der Waals surface area contributed by atoms with Gasteiger partial charge in [0.2, 0.25) is 0 Å². The number of hydrogen-bond acceptors (Lipinski definition) is 3. The van der Waals surface area contributed by atoms with Crippen LogP contribution in [0.25, 0.3) is 5.70 Å². The summed E-state index contributed by atoms with van der Waals surface area (Å²) in [5, 5.41) is 0. The van der Waals surface area contributed by atoms with Gasteiger partial charge in [-0.3, -0.25) is 9.69 Å². The van der Waals surface area contributed by atoms with Gasteiger partial charge in [-0.15, -0.1) is 0 Å². The zero-order chi connectivity index (χ0) is 20.3. The number of ether oxygens (including phenoxy) is 1. The molecule has 1 aliphatic rings. The van der Waals surface area contributed by atoms with Gasteiger partial charge in [0.15, 0.2) is 5.78 Å². The van der Waals surface area contributed by atoms with Crippen LogP contribution in [0.15, 0.2) is 65.1 Å². The number of halogens is 1. The van der Waals surface area contributed by atoms with E-state index < -0.39 is 11.7 Å². The molecule has 3 rings (SSSR count). The van der Waals surface area contributed by atoms with E-state index in [-0.39, 0.29) is 18.2 Å². The summed E-state index contributed by atoms with van der Waals surface area (Å²) in [6.07, 6.45) is 0.366. The third-order valence-corrected chi connectivity index (χ3v) is 5.25. The topological polar surface area (TPSA) is 46.6 Å². The highest BCUT2D eigenvalue weighted by Gasteiger charge is 2.39. The summed E-state index contributed by atoms with van der Waals surface area (Å²) in [5.74, 6) is -0.0143. The van der Waals surface area contributed by atoms with Crippen molar-refractivity contribution < 1.29 is 14.3 Å². The Bertz CT molecular complexity index is 885. The molecule has 146 valence electrons. The van der Waals surface area contributed by atoms with Gasteiger partial charge in [-0.2, -0.15) is 0 Å². The molecule has 0 aliphatic carbocycles. The highest BCUT2D eigenvalue weighted by molar-refractivity contribution is 9.12. The molecule has 0 spiro atoms. The van der Waals surface area contributed by atoms with Crippen molar-refractivity contribution in [3.63, 3.8) is 0 Å². The number of hydrogen-bond donors (Lipinski definition) is 0. The lowest BCUT2D eigenvalue weighted by molar-refractivity contribution is -0.116. The van der Waals surface area contributed by atoms with Crippen LogP contribution in [0, 0.1) is 0 Å². The molecule has 0 aromatic heterocycles. The van der Waals surface area contributed by atoms with E-state index in [4.69, 9.17) is 4.74 Å². The van der Waals surface area contributed by atoms with Crippen LogP contribution in [0.5, 0.6) is 0 Å². The Kier molecular flexibility index (Phi) is 6.04. The zero-order valence-corrected chi connectivity index (χ0v) is 17.9. The van der Waals surface area contributed by atoms with Crippen molar-refractivity contribution in [2.75, 3.05) is 0 Å². The normalized spacial score (nSPS) is 17.6. The van der Waals surface area contributed by atoms with Crippen LogP contribution < -0.4 is 0 Å². The Hall–Kier alpha value is -2.40. The number of Topliss-reactive ketones (excluding diaryl/α,β-unsaturated/α-hetero) is 1. The van der Waals surface area contributed by atoms with Gasteiger partial charge in [-0.25, -0.2) is 4.79 Å². The van der Waals surface area contributed by atoms with Gasteiger partial charge in [-0.1, -0.05) is 60.7 Å². The molecule has 4 nitrogen and oxygen atoms in total. The van der Waals surface area contributed by atoms with Gasteiger partial charge in [0, 0.05) is 6.42 Å². The molecule has 1 amide bonds. The van der Waals surface area contributed by atoms with Crippen molar-refractivity contribution in [1.29, 1.82) is 0 Å². The summed E-state index contributed by atoms with van der Waals surface area (Å²) in [6.45, 7) is 5.52. The van der Waals surface area contributed by atoms with Gasteiger partial charge in [0.1, 0.15) is 5.60 Å². The molecule has 2 aromatic rings. The van der Waals surface area contributed by atoms with E-state index in [1.165, 1.54) is 0 Å². The van der Waals surface area contributed by atoms with Crippen LogP contribution >= 0.6 is 15.9 Å². The SMILES string of the molecule is CC(C)(C)OC(=O)N1C(c2ccccc2)=C(Br)C(=O)C[C@@H]1Cc1ccccc1. The van der Waals surface area contributed by atoms with Crippen molar-refractivity contribution in [3.8, 4) is 0 Å². The fourth-order valence-corrected chi connectivity index (χ4v) is 3.86.